The van der Waals surface area contributed by atoms with Crippen molar-refractivity contribution in [3.63, 3.8) is 0 Å². The molecule has 100 valence electrons. The number of ether oxygens (including phenoxy) is 1. The molecule has 0 amide bonds. The second kappa shape index (κ2) is 4.72. The second-order valence-corrected chi connectivity index (χ2v) is 6.24. The lowest BCUT2D eigenvalue weighted by atomic mass is 9.64. The van der Waals surface area contributed by atoms with Gasteiger partial charge in [0.15, 0.2) is 0 Å². The lowest BCUT2D eigenvalue weighted by Crippen LogP contribution is -2.45. The Morgan fingerprint density at radius 2 is 1.94 bits per heavy atom. The molecule has 3 atom stereocenters. The SMILES string of the molecule is C#C.CC1(C)O[C@]23CC1CCC2CCC=C3CO. The van der Waals surface area contributed by atoms with E-state index in [2.05, 4.69) is 32.8 Å². The number of terminal acetylenes is 1. The van der Waals surface area contributed by atoms with Crippen LogP contribution in [0, 0.1) is 24.7 Å². The summed E-state index contributed by atoms with van der Waals surface area (Å²) in [7, 11) is 0. The third-order valence-electron chi connectivity index (χ3n) is 5.12. The minimum Gasteiger partial charge on any atom is -0.392 e. The van der Waals surface area contributed by atoms with E-state index in [-0.39, 0.29) is 17.8 Å². The highest BCUT2D eigenvalue weighted by Crippen LogP contribution is 2.58. The highest BCUT2D eigenvalue weighted by Gasteiger charge is 2.59. The minimum absolute atomic E-state index is 0.000347. The lowest BCUT2D eigenvalue weighted by Gasteiger charge is -2.44. The summed E-state index contributed by atoms with van der Waals surface area (Å²) in [5.74, 6) is 1.33. The van der Waals surface area contributed by atoms with Gasteiger partial charge < -0.3 is 9.84 Å². The molecule has 2 nitrogen and oxygen atoms in total. The van der Waals surface area contributed by atoms with Gasteiger partial charge in [0.2, 0.25) is 0 Å². The van der Waals surface area contributed by atoms with Crippen LogP contribution in [0.15, 0.2) is 11.6 Å². The van der Waals surface area contributed by atoms with Crippen LogP contribution >= 0.6 is 0 Å². The predicted molar refractivity (Wildman–Crippen MR) is 73.0 cm³/mol. The number of hydrogen-bond acceptors (Lipinski definition) is 2. The van der Waals surface area contributed by atoms with Gasteiger partial charge in [0.05, 0.1) is 17.8 Å². The fourth-order valence-corrected chi connectivity index (χ4v) is 4.21. The van der Waals surface area contributed by atoms with Gasteiger partial charge in [-0.2, -0.15) is 0 Å². The Kier molecular flexibility index (Phi) is 3.58. The molecule has 3 aliphatic rings. The van der Waals surface area contributed by atoms with Crippen molar-refractivity contribution in [1.29, 1.82) is 0 Å². The molecule has 0 aromatic carbocycles. The zero-order valence-corrected chi connectivity index (χ0v) is 11.5. The molecule has 2 heteroatoms. The number of aliphatic hydroxyl groups excluding tert-OH is 1. The molecule has 0 aromatic heterocycles. The van der Waals surface area contributed by atoms with E-state index in [0.29, 0.717) is 11.8 Å². The Bertz CT molecular complexity index is 367. The van der Waals surface area contributed by atoms with Gasteiger partial charge in [-0.1, -0.05) is 6.08 Å². The van der Waals surface area contributed by atoms with Crippen molar-refractivity contribution >= 4 is 0 Å². The van der Waals surface area contributed by atoms with Gasteiger partial charge in [-0.3, -0.25) is 0 Å². The van der Waals surface area contributed by atoms with Crippen LogP contribution in [-0.4, -0.2) is 22.9 Å². The molecule has 2 unspecified atom stereocenters. The summed E-state index contributed by atoms with van der Waals surface area (Å²) in [4.78, 5) is 0. The molecule has 0 aromatic rings. The predicted octanol–water partition coefficient (Wildman–Crippen LogP) is 2.91. The van der Waals surface area contributed by atoms with Crippen molar-refractivity contribution in [2.45, 2.75) is 57.2 Å². The van der Waals surface area contributed by atoms with Crippen LogP contribution in [0.1, 0.15) is 46.0 Å². The molecular weight excluding hydrogens is 224 g/mol. The van der Waals surface area contributed by atoms with E-state index in [1.54, 1.807) is 0 Å². The summed E-state index contributed by atoms with van der Waals surface area (Å²) in [5, 5.41) is 9.57. The molecule has 1 aliphatic heterocycles. The molecule has 0 radical (unpaired) electrons. The highest BCUT2D eigenvalue weighted by molar-refractivity contribution is 5.28. The van der Waals surface area contributed by atoms with Gasteiger partial charge in [-0.15, -0.1) is 12.8 Å². The molecule has 3 rings (SSSR count). The van der Waals surface area contributed by atoms with E-state index in [1.807, 2.05) is 0 Å². The summed E-state index contributed by atoms with van der Waals surface area (Å²) in [6, 6.07) is 0. The van der Waals surface area contributed by atoms with Crippen LogP contribution in [0.5, 0.6) is 0 Å². The fraction of sp³-hybridized carbons (Fsp3) is 0.750. The molecule has 1 N–H and O–H groups in total. The van der Waals surface area contributed by atoms with E-state index >= 15 is 0 Å². The molecule has 2 aliphatic carbocycles. The van der Waals surface area contributed by atoms with Gasteiger partial charge in [-0.05, 0) is 63.4 Å². The molecule has 1 spiro atoms. The van der Waals surface area contributed by atoms with Gasteiger partial charge >= 0.3 is 0 Å². The largest absolute Gasteiger partial charge is 0.392 e. The van der Waals surface area contributed by atoms with Crippen LogP contribution in [0.25, 0.3) is 0 Å². The lowest BCUT2D eigenvalue weighted by molar-refractivity contribution is -0.0999. The molecule has 1 saturated heterocycles. The summed E-state index contributed by atoms with van der Waals surface area (Å²) < 4.78 is 6.44. The first-order valence-corrected chi connectivity index (χ1v) is 6.92. The van der Waals surface area contributed by atoms with Gasteiger partial charge in [0.1, 0.15) is 0 Å². The fourth-order valence-electron chi connectivity index (χ4n) is 4.21. The molecule has 2 bridgehead atoms. The van der Waals surface area contributed by atoms with Crippen molar-refractivity contribution in [2.75, 3.05) is 6.61 Å². The monoisotopic (exact) mass is 248 g/mol. The second-order valence-electron chi connectivity index (χ2n) is 6.24. The quantitative estimate of drug-likeness (QED) is 0.571. The van der Waals surface area contributed by atoms with Crippen molar-refractivity contribution in [1.82, 2.24) is 0 Å². The minimum atomic E-state index is -0.0978. The van der Waals surface area contributed by atoms with Crippen LogP contribution in [-0.2, 0) is 4.74 Å². The Balaban J connectivity index is 0.000000574. The highest BCUT2D eigenvalue weighted by atomic mass is 16.5. The van der Waals surface area contributed by atoms with Gasteiger partial charge in [-0.25, -0.2) is 0 Å². The first-order valence-electron chi connectivity index (χ1n) is 6.92. The topological polar surface area (TPSA) is 29.5 Å². The summed E-state index contributed by atoms with van der Waals surface area (Å²) in [6.45, 7) is 4.62. The number of hydrogen-bond donors (Lipinski definition) is 1. The zero-order valence-electron chi connectivity index (χ0n) is 11.5. The zero-order chi connectivity index (χ0) is 13.4. The van der Waals surface area contributed by atoms with Crippen LogP contribution < -0.4 is 0 Å². The Morgan fingerprint density at radius 3 is 2.61 bits per heavy atom. The molecule has 18 heavy (non-hydrogen) atoms. The van der Waals surface area contributed by atoms with E-state index < -0.39 is 0 Å². The van der Waals surface area contributed by atoms with Gasteiger partial charge in [0, 0.05) is 0 Å². The maximum Gasteiger partial charge on any atom is 0.0952 e. The van der Waals surface area contributed by atoms with Crippen LogP contribution in [0.4, 0.5) is 0 Å². The molecule has 2 fully saturated rings. The number of allylic oxidation sites excluding steroid dienone is 1. The molecular formula is C16H24O2. The first kappa shape index (κ1) is 13.6. The van der Waals surface area contributed by atoms with Crippen LogP contribution in [0.2, 0.25) is 0 Å². The van der Waals surface area contributed by atoms with E-state index in [9.17, 15) is 5.11 Å². The first-order chi connectivity index (χ1) is 8.58. The average molecular weight is 248 g/mol. The maximum atomic E-state index is 9.57. The van der Waals surface area contributed by atoms with Crippen molar-refractivity contribution in [3.05, 3.63) is 11.6 Å². The Hall–Kier alpha value is -0.780. The van der Waals surface area contributed by atoms with Crippen molar-refractivity contribution in [2.24, 2.45) is 11.8 Å². The van der Waals surface area contributed by atoms with E-state index in [1.165, 1.54) is 24.8 Å². The molecule has 1 heterocycles. The summed E-state index contributed by atoms with van der Waals surface area (Å²) >= 11 is 0. The maximum absolute atomic E-state index is 9.57. The number of fused-ring (bicyclic) bond motifs is 1. The third kappa shape index (κ3) is 1.81. The van der Waals surface area contributed by atoms with Crippen molar-refractivity contribution < 1.29 is 9.84 Å². The Morgan fingerprint density at radius 1 is 1.28 bits per heavy atom. The van der Waals surface area contributed by atoms with Crippen molar-refractivity contribution in [3.8, 4) is 12.8 Å². The third-order valence-corrected chi connectivity index (χ3v) is 5.12. The van der Waals surface area contributed by atoms with Crippen LogP contribution in [0.3, 0.4) is 0 Å². The molecule has 1 saturated carbocycles. The van der Waals surface area contributed by atoms with E-state index in [4.69, 9.17) is 4.74 Å². The average Bonchev–Trinajstić information content (AvgIpc) is 2.58. The standard InChI is InChI=1S/C14H22O2.C2H2/c1-13(2)11-7-6-10-4-3-5-12(9-15)14(10,8-11)16-13;1-2/h5,10-11,15H,3-4,6-9H2,1-2H3;1-2H/t10?,11?,14-;/m1./s1. The number of aliphatic hydroxyl groups is 1. The van der Waals surface area contributed by atoms with E-state index in [0.717, 1.165) is 12.8 Å². The smallest absolute Gasteiger partial charge is 0.0952 e. The summed E-state index contributed by atoms with van der Waals surface area (Å²) in [6.07, 6.45) is 16.3. The Labute approximate surface area is 110 Å². The number of rotatable bonds is 1. The summed E-state index contributed by atoms with van der Waals surface area (Å²) in [5.41, 5.74) is 1.07. The van der Waals surface area contributed by atoms with Gasteiger partial charge in [0.25, 0.3) is 0 Å². The normalized spacial score (nSPS) is 40.2.